The lowest BCUT2D eigenvalue weighted by Gasteiger charge is -2.20. The van der Waals surface area contributed by atoms with Crippen molar-refractivity contribution in [1.82, 2.24) is 0 Å². The molecule has 0 saturated heterocycles. The van der Waals surface area contributed by atoms with Gasteiger partial charge in [-0.25, -0.2) is 4.79 Å². The van der Waals surface area contributed by atoms with Crippen LogP contribution < -0.4 is 10.6 Å². The van der Waals surface area contributed by atoms with Crippen LogP contribution in [0.4, 0.5) is 11.4 Å². The molecule has 1 aromatic carbocycles. The molecule has 0 aromatic heterocycles. The minimum atomic E-state index is -0.920. The minimum Gasteiger partial charge on any atom is -0.478 e. The number of hydrogen-bond acceptors (Lipinski definition) is 3. The van der Waals surface area contributed by atoms with Gasteiger partial charge < -0.3 is 15.7 Å². The highest BCUT2D eigenvalue weighted by atomic mass is 16.4. The van der Waals surface area contributed by atoms with Crippen LogP contribution in [0.25, 0.3) is 0 Å². The zero-order valence-corrected chi connectivity index (χ0v) is 8.18. The molecular formula is C11H12N2O2. The van der Waals surface area contributed by atoms with Crippen molar-refractivity contribution < 1.29 is 9.90 Å². The van der Waals surface area contributed by atoms with E-state index in [-0.39, 0.29) is 0 Å². The van der Waals surface area contributed by atoms with Crippen molar-refractivity contribution in [3.8, 4) is 0 Å². The molecule has 0 atom stereocenters. The molecular weight excluding hydrogens is 192 g/mol. The second-order valence-electron chi connectivity index (χ2n) is 3.46. The second kappa shape index (κ2) is 3.65. The van der Waals surface area contributed by atoms with Crippen molar-refractivity contribution in [1.29, 1.82) is 0 Å². The number of carboxylic acids is 1. The predicted octanol–water partition coefficient (Wildman–Crippen LogP) is 1.34. The van der Waals surface area contributed by atoms with Gasteiger partial charge in [-0.05, 0) is 18.2 Å². The Kier molecular flexibility index (Phi) is 2.33. The van der Waals surface area contributed by atoms with Crippen LogP contribution in [0.2, 0.25) is 0 Å². The van der Waals surface area contributed by atoms with Crippen molar-refractivity contribution >= 4 is 17.3 Å². The molecule has 0 radical (unpaired) electrons. The van der Waals surface area contributed by atoms with Crippen LogP contribution in [-0.2, 0) is 0 Å². The van der Waals surface area contributed by atoms with E-state index in [1.54, 1.807) is 18.2 Å². The molecule has 0 fully saturated rings. The molecule has 0 spiro atoms. The van der Waals surface area contributed by atoms with Crippen LogP contribution in [-0.4, -0.2) is 24.2 Å². The topological polar surface area (TPSA) is 66.6 Å². The summed E-state index contributed by atoms with van der Waals surface area (Å²) in [6, 6.07) is 4.86. The fraction of sp³-hybridized carbons (Fsp3) is 0.182. The zero-order valence-electron chi connectivity index (χ0n) is 8.18. The van der Waals surface area contributed by atoms with Crippen molar-refractivity contribution in [3.63, 3.8) is 0 Å². The average Bonchev–Trinajstić information content (AvgIpc) is 2.69. The van der Waals surface area contributed by atoms with E-state index in [4.69, 9.17) is 10.8 Å². The largest absolute Gasteiger partial charge is 0.478 e. The SMILES string of the molecule is Nc1ccc(C(=O)O)c(N2CC=CC2)c1. The van der Waals surface area contributed by atoms with Crippen molar-refractivity contribution in [2.24, 2.45) is 0 Å². The van der Waals surface area contributed by atoms with Gasteiger partial charge in [-0.15, -0.1) is 0 Å². The number of benzene rings is 1. The highest BCUT2D eigenvalue weighted by Crippen LogP contribution is 2.25. The van der Waals surface area contributed by atoms with Gasteiger partial charge in [0.1, 0.15) is 0 Å². The monoisotopic (exact) mass is 204 g/mol. The number of nitrogen functional groups attached to an aromatic ring is 1. The molecule has 1 heterocycles. The molecule has 78 valence electrons. The molecule has 2 rings (SSSR count). The summed E-state index contributed by atoms with van der Waals surface area (Å²) in [5, 5.41) is 9.03. The van der Waals surface area contributed by atoms with E-state index in [0.717, 1.165) is 13.1 Å². The van der Waals surface area contributed by atoms with Crippen molar-refractivity contribution in [3.05, 3.63) is 35.9 Å². The van der Waals surface area contributed by atoms with Gasteiger partial charge >= 0.3 is 5.97 Å². The van der Waals surface area contributed by atoms with Crippen LogP contribution in [0.1, 0.15) is 10.4 Å². The van der Waals surface area contributed by atoms with E-state index in [2.05, 4.69) is 0 Å². The van der Waals surface area contributed by atoms with Gasteiger partial charge in [-0.3, -0.25) is 0 Å². The minimum absolute atomic E-state index is 0.299. The molecule has 15 heavy (non-hydrogen) atoms. The number of carboxylic acid groups (broad SMARTS) is 1. The number of nitrogens with zero attached hydrogens (tertiary/aromatic N) is 1. The Morgan fingerprint density at radius 2 is 2.00 bits per heavy atom. The standard InChI is InChI=1S/C11H12N2O2/c12-8-3-4-9(11(14)15)10(7-8)13-5-1-2-6-13/h1-4,7H,5-6,12H2,(H,14,15). The molecule has 4 nitrogen and oxygen atoms in total. The van der Waals surface area contributed by atoms with Crippen LogP contribution in [0.15, 0.2) is 30.4 Å². The van der Waals surface area contributed by atoms with Crippen LogP contribution in [0, 0.1) is 0 Å². The molecule has 3 N–H and O–H groups in total. The zero-order chi connectivity index (χ0) is 10.8. The Morgan fingerprint density at radius 1 is 1.33 bits per heavy atom. The fourth-order valence-electron chi connectivity index (χ4n) is 1.67. The number of aromatic carboxylic acids is 1. The molecule has 0 amide bonds. The van der Waals surface area contributed by atoms with Gasteiger partial charge in [0.05, 0.1) is 11.3 Å². The summed E-state index contributed by atoms with van der Waals surface area (Å²) in [6.45, 7) is 1.48. The van der Waals surface area contributed by atoms with Gasteiger partial charge in [0.15, 0.2) is 0 Å². The summed E-state index contributed by atoms with van der Waals surface area (Å²) >= 11 is 0. The van der Waals surface area contributed by atoms with Crippen LogP contribution in [0.3, 0.4) is 0 Å². The molecule has 0 aliphatic carbocycles. The maximum atomic E-state index is 11.0. The summed E-state index contributed by atoms with van der Waals surface area (Å²) in [4.78, 5) is 13.0. The van der Waals surface area contributed by atoms with E-state index in [9.17, 15) is 4.79 Å². The molecule has 4 heteroatoms. The molecule has 0 unspecified atom stereocenters. The van der Waals surface area contributed by atoms with Gasteiger partial charge in [0.2, 0.25) is 0 Å². The first kappa shape index (κ1) is 9.58. The molecule has 0 bridgehead atoms. The lowest BCUT2D eigenvalue weighted by Crippen LogP contribution is -2.21. The Hall–Kier alpha value is -1.97. The Labute approximate surface area is 87.6 Å². The summed E-state index contributed by atoms with van der Waals surface area (Å²) < 4.78 is 0. The Balaban J connectivity index is 2.42. The summed E-state index contributed by atoms with van der Waals surface area (Å²) in [5.74, 6) is -0.920. The number of carbonyl (C=O) groups is 1. The number of hydrogen-bond donors (Lipinski definition) is 2. The third-order valence-corrected chi connectivity index (χ3v) is 2.41. The maximum absolute atomic E-state index is 11.0. The molecule has 1 aliphatic heterocycles. The quantitative estimate of drug-likeness (QED) is 0.563. The summed E-state index contributed by atoms with van der Waals surface area (Å²) in [7, 11) is 0. The normalized spacial score (nSPS) is 14.5. The van der Waals surface area contributed by atoms with Gasteiger partial charge in [0.25, 0.3) is 0 Å². The van der Waals surface area contributed by atoms with E-state index in [1.807, 2.05) is 17.1 Å². The average molecular weight is 204 g/mol. The molecule has 1 aromatic rings. The lowest BCUT2D eigenvalue weighted by molar-refractivity contribution is 0.0697. The van der Waals surface area contributed by atoms with Crippen LogP contribution in [0.5, 0.6) is 0 Å². The van der Waals surface area contributed by atoms with E-state index in [0.29, 0.717) is 16.9 Å². The van der Waals surface area contributed by atoms with Gasteiger partial charge in [0, 0.05) is 18.8 Å². The first-order chi connectivity index (χ1) is 7.18. The Morgan fingerprint density at radius 3 is 2.60 bits per heavy atom. The smallest absolute Gasteiger partial charge is 0.337 e. The molecule has 1 aliphatic rings. The van der Waals surface area contributed by atoms with Crippen LogP contribution >= 0.6 is 0 Å². The van der Waals surface area contributed by atoms with Gasteiger partial charge in [-0.2, -0.15) is 0 Å². The first-order valence-corrected chi connectivity index (χ1v) is 4.71. The van der Waals surface area contributed by atoms with E-state index in [1.165, 1.54) is 0 Å². The highest BCUT2D eigenvalue weighted by Gasteiger charge is 2.16. The predicted molar refractivity (Wildman–Crippen MR) is 59.2 cm³/mol. The Bertz CT molecular complexity index is 419. The van der Waals surface area contributed by atoms with E-state index < -0.39 is 5.97 Å². The fourth-order valence-corrected chi connectivity index (χ4v) is 1.67. The summed E-state index contributed by atoms with van der Waals surface area (Å²) in [6.07, 6.45) is 4.02. The second-order valence-corrected chi connectivity index (χ2v) is 3.46. The van der Waals surface area contributed by atoms with Crippen molar-refractivity contribution in [2.45, 2.75) is 0 Å². The first-order valence-electron chi connectivity index (χ1n) is 4.71. The highest BCUT2D eigenvalue weighted by molar-refractivity contribution is 5.95. The third-order valence-electron chi connectivity index (χ3n) is 2.41. The third kappa shape index (κ3) is 1.79. The van der Waals surface area contributed by atoms with Gasteiger partial charge in [-0.1, -0.05) is 12.2 Å². The number of nitrogens with two attached hydrogens (primary N) is 1. The maximum Gasteiger partial charge on any atom is 0.337 e. The summed E-state index contributed by atoms with van der Waals surface area (Å²) in [5.41, 5.74) is 7.23. The van der Waals surface area contributed by atoms with E-state index >= 15 is 0 Å². The number of anilines is 2. The molecule has 0 saturated carbocycles. The number of rotatable bonds is 2. The van der Waals surface area contributed by atoms with Crippen molar-refractivity contribution in [2.75, 3.05) is 23.7 Å². The lowest BCUT2D eigenvalue weighted by atomic mass is 10.1.